The molecule has 1 aromatic carbocycles. The number of aryl methyl sites for hydroxylation is 1. The van der Waals surface area contributed by atoms with Gasteiger partial charge in [-0.25, -0.2) is 0 Å². The van der Waals surface area contributed by atoms with Crippen LogP contribution in [-0.4, -0.2) is 0 Å². The Balaban J connectivity index is 2.22. The molecule has 90 valence electrons. The Hall–Kier alpha value is -1.21. The fourth-order valence-electron chi connectivity index (χ4n) is 1.80. The van der Waals surface area contributed by atoms with Crippen LogP contribution in [0.25, 0.3) is 0 Å². The molecule has 2 aromatic rings. The molecule has 0 aliphatic heterocycles. The average molecular weight is 249 g/mol. The molecule has 0 spiro atoms. The first-order chi connectivity index (χ1) is 8.08. The maximum Gasteiger partial charge on any atom is 0.126 e. The van der Waals surface area contributed by atoms with Crippen molar-refractivity contribution in [3.8, 4) is 0 Å². The minimum atomic E-state index is -0.204. The van der Waals surface area contributed by atoms with Gasteiger partial charge in [-0.1, -0.05) is 38.1 Å². The van der Waals surface area contributed by atoms with Gasteiger partial charge in [-0.3, -0.25) is 0 Å². The molecule has 0 saturated carbocycles. The number of hydrogen-bond donors (Lipinski definition) is 0. The summed E-state index contributed by atoms with van der Waals surface area (Å²) in [5.74, 6) is 2.24. The average Bonchev–Trinajstić information content (AvgIpc) is 2.75. The quantitative estimate of drug-likeness (QED) is 0.694. The summed E-state index contributed by atoms with van der Waals surface area (Å²) in [5.41, 5.74) is 2.40. The molecule has 1 unspecified atom stereocenters. The summed E-state index contributed by atoms with van der Waals surface area (Å²) in [6.07, 6.45) is 0. The van der Waals surface area contributed by atoms with E-state index in [2.05, 4.69) is 38.1 Å². The molecule has 0 fully saturated rings. The highest BCUT2D eigenvalue weighted by Crippen LogP contribution is 2.30. The molecule has 0 aliphatic carbocycles. The Labute approximate surface area is 107 Å². The molecule has 2 rings (SSSR count). The van der Waals surface area contributed by atoms with Crippen molar-refractivity contribution in [1.82, 2.24) is 0 Å². The minimum absolute atomic E-state index is 0.204. The van der Waals surface area contributed by atoms with Crippen LogP contribution in [0, 0.1) is 6.92 Å². The lowest BCUT2D eigenvalue weighted by molar-refractivity contribution is 0.489. The number of hydrogen-bond acceptors (Lipinski definition) is 1. The highest BCUT2D eigenvalue weighted by atomic mass is 35.5. The Bertz CT molecular complexity index is 482. The monoisotopic (exact) mass is 248 g/mol. The van der Waals surface area contributed by atoms with Crippen molar-refractivity contribution >= 4 is 11.6 Å². The van der Waals surface area contributed by atoms with E-state index in [1.54, 1.807) is 0 Å². The molecule has 1 heterocycles. The number of furan rings is 1. The summed E-state index contributed by atoms with van der Waals surface area (Å²) in [7, 11) is 0. The van der Waals surface area contributed by atoms with Crippen LogP contribution in [0.5, 0.6) is 0 Å². The molecule has 0 aliphatic rings. The largest absolute Gasteiger partial charge is 0.464 e. The van der Waals surface area contributed by atoms with Crippen molar-refractivity contribution in [3.05, 3.63) is 59.0 Å². The molecule has 1 atom stereocenters. The van der Waals surface area contributed by atoms with Gasteiger partial charge in [-0.2, -0.15) is 0 Å². The van der Waals surface area contributed by atoms with Crippen LogP contribution in [0.1, 0.15) is 47.8 Å². The van der Waals surface area contributed by atoms with Crippen molar-refractivity contribution in [2.75, 3.05) is 0 Å². The molecule has 1 aromatic heterocycles. The zero-order valence-electron chi connectivity index (χ0n) is 10.4. The molecule has 17 heavy (non-hydrogen) atoms. The van der Waals surface area contributed by atoms with Crippen LogP contribution in [0.2, 0.25) is 0 Å². The molecule has 0 bridgehead atoms. The van der Waals surface area contributed by atoms with Crippen LogP contribution in [0.3, 0.4) is 0 Å². The lowest BCUT2D eigenvalue weighted by Crippen LogP contribution is -1.93. The molecule has 1 nitrogen and oxygen atoms in total. The SMILES string of the molecule is Cc1ccc(C(Cl)c2ccc(C(C)C)cc2)o1. The van der Waals surface area contributed by atoms with Crippen LogP contribution in [-0.2, 0) is 0 Å². The number of benzene rings is 1. The van der Waals surface area contributed by atoms with Crippen molar-refractivity contribution in [1.29, 1.82) is 0 Å². The van der Waals surface area contributed by atoms with E-state index in [4.69, 9.17) is 16.0 Å². The molecule has 0 saturated heterocycles. The highest BCUT2D eigenvalue weighted by molar-refractivity contribution is 6.22. The smallest absolute Gasteiger partial charge is 0.126 e. The lowest BCUT2D eigenvalue weighted by Gasteiger charge is -2.10. The van der Waals surface area contributed by atoms with Crippen LogP contribution in [0.4, 0.5) is 0 Å². The van der Waals surface area contributed by atoms with E-state index in [1.165, 1.54) is 5.56 Å². The number of halogens is 1. The van der Waals surface area contributed by atoms with Crippen molar-refractivity contribution in [2.24, 2.45) is 0 Å². The summed E-state index contributed by atoms with van der Waals surface area (Å²) in [6, 6.07) is 12.3. The molecular formula is C15H17ClO. The third kappa shape index (κ3) is 2.73. The van der Waals surface area contributed by atoms with Crippen LogP contribution >= 0.6 is 11.6 Å². The zero-order chi connectivity index (χ0) is 12.4. The molecule has 0 amide bonds. The van der Waals surface area contributed by atoms with Gasteiger partial charge >= 0.3 is 0 Å². The summed E-state index contributed by atoms with van der Waals surface area (Å²) < 4.78 is 5.55. The van der Waals surface area contributed by atoms with E-state index in [0.717, 1.165) is 17.1 Å². The third-order valence-corrected chi connectivity index (χ3v) is 3.37. The standard InChI is InChI=1S/C15H17ClO/c1-10(2)12-5-7-13(8-6-12)15(16)14-9-4-11(3)17-14/h4-10,15H,1-3H3. The first-order valence-corrected chi connectivity index (χ1v) is 6.32. The predicted molar refractivity (Wildman–Crippen MR) is 71.7 cm³/mol. The van der Waals surface area contributed by atoms with Gasteiger partial charge in [0.1, 0.15) is 16.9 Å². The number of alkyl halides is 1. The van der Waals surface area contributed by atoms with E-state index < -0.39 is 0 Å². The summed E-state index contributed by atoms with van der Waals surface area (Å²) in [5, 5.41) is -0.204. The Morgan fingerprint density at radius 3 is 2.00 bits per heavy atom. The van der Waals surface area contributed by atoms with E-state index in [9.17, 15) is 0 Å². The van der Waals surface area contributed by atoms with Crippen molar-refractivity contribution < 1.29 is 4.42 Å². The maximum atomic E-state index is 6.38. The van der Waals surface area contributed by atoms with Gasteiger partial charge in [0.25, 0.3) is 0 Å². The van der Waals surface area contributed by atoms with Crippen LogP contribution in [0.15, 0.2) is 40.8 Å². The maximum absolute atomic E-state index is 6.38. The Kier molecular flexibility index (Phi) is 3.58. The van der Waals surface area contributed by atoms with Crippen molar-refractivity contribution in [3.63, 3.8) is 0 Å². The first-order valence-electron chi connectivity index (χ1n) is 5.88. The van der Waals surface area contributed by atoms with Gasteiger partial charge in [-0.15, -0.1) is 11.6 Å². The topological polar surface area (TPSA) is 13.1 Å². The fourth-order valence-corrected chi connectivity index (χ4v) is 2.07. The highest BCUT2D eigenvalue weighted by Gasteiger charge is 2.14. The van der Waals surface area contributed by atoms with E-state index >= 15 is 0 Å². The second-order valence-corrected chi connectivity index (χ2v) is 5.07. The lowest BCUT2D eigenvalue weighted by atomic mass is 10.0. The van der Waals surface area contributed by atoms with E-state index in [-0.39, 0.29) is 5.38 Å². The van der Waals surface area contributed by atoms with Gasteiger partial charge in [0.15, 0.2) is 0 Å². The Morgan fingerprint density at radius 2 is 1.53 bits per heavy atom. The minimum Gasteiger partial charge on any atom is -0.464 e. The fraction of sp³-hybridized carbons (Fsp3) is 0.333. The first kappa shape index (κ1) is 12.3. The summed E-state index contributed by atoms with van der Waals surface area (Å²) >= 11 is 6.38. The molecule has 0 radical (unpaired) electrons. The van der Waals surface area contributed by atoms with Gasteiger partial charge < -0.3 is 4.42 Å². The zero-order valence-corrected chi connectivity index (χ0v) is 11.2. The third-order valence-electron chi connectivity index (χ3n) is 2.91. The van der Waals surface area contributed by atoms with Crippen LogP contribution < -0.4 is 0 Å². The summed E-state index contributed by atoms with van der Waals surface area (Å²) in [4.78, 5) is 0. The number of rotatable bonds is 3. The molecule has 0 N–H and O–H groups in total. The predicted octanol–water partition coefficient (Wildman–Crippen LogP) is 5.04. The molecular weight excluding hydrogens is 232 g/mol. The Morgan fingerprint density at radius 1 is 0.941 bits per heavy atom. The summed E-state index contributed by atoms with van der Waals surface area (Å²) in [6.45, 7) is 6.29. The van der Waals surface area contributed by atoms with E-state index in [1.807, 2.05) is 19.1 Å². The van der Waals surface area contributed by atoms with E-state index in [0.29, 0.717) is 5.92 Å². The van der Waals surface area contributed by atoms with Crippen molar-refractivity contribution in [2.45, 2.75) is 32.1 Å². The second-order valence-electron chi connectivity index (χ2n) is 4.63. The second kappa shape index (κ2) is 4.97. The molecule has 2 heteroatoms. The van der Waals surface area contributed by atoms with Gasteiger partial charge in [0, 0.05) is 0 Å². The van der Waals surface area contributed by atoms with Gasteiger partial charge in [0.05, 0.1) is 0 Å². The van der Waals surface area contributed by atoms with Gasteiger partial charge in [0.2, 0.25) is 0 Å². The van der Waals surface area contributed by atoms with Gasteiger partial charge in [-0.05, 0) is 36.1 Å². The normalized spacial score (nSPS) is 13.0.